The molecule has 2 aromatic rings. The smallest absolute Gasteiger partial charge is 0.101 e. The molecule has 94 valence electrons. The van der Waals surface area contributed by atoms with Gasteiger partial charge in [-0.25, -0.2) is 4.98 Å². The van der Waals surface area contributed by atoms with Gasteiger partial charge in [0.15, 0.2) is 0 Å². The minimum Gasteiger partial charge on any atom is -0.324 e. The third kappa shape index (κ3) is 3.12. The molecule has 2 rings (SSSR count). The number of rotatable bonds is 3. The third-order valence-corrected chi connectivity index (χ3v) is 3.94. The summed E-state index contributed by atoms with van der Waals surface area (Å²) in [5, 5.41) is 0.997. The first kappa shape index (κ1) is 13.1. The van der Waals surface area contributed by atoms with Crippen molar-refractivity contribution < 1.29 is 0 Å². The highest BCUT2D eigenvalue weighted by Crippen LogP contribution is 2.30. The molecule has 0 radical (unpaired) electrons. The first-order valence-corrected chi connectivity index (χ1v) is 6.84. The van der Waals surface area contributed by atoms with E-state index in [1.54, 1.807) is 11.8 Å². The van der Waals surface area contributed by atoms with E-state index in [2.05, 4.69) is 43.1 Å². The van der Waals surface area contributed by atoms with Gasteiger partial charge in [0.2, 0.25) is 0 Å². The molecule has 1 unspecified atom stereocenters. The normalized spacial score (nSPS) is 12.4. The van der Waals surface area contributed by atoms with Crippen molar-refractivity contribution >= 4 is 11.8 Å². The van der Waals surface area contributed by atoms with Gasteiger partial charge in [-0.3, -0.25) is 0 Å². The van der Waals surface area contributed by atoms with Gasteiger partial charge in [0.1, 0.15) is 5.03 Å². The van der Waals surface area contributed by atoms with E-state index in [1.807, 2.05) is 19.2 Å². The lowest BCUT2D eigenvalue weighted by Gasteiger charge is -2.09. The molecular formula is C15H18N2S. The maximum atomic E-state index is 5.89. The van der Waals surface area contributed by atoms with Gasteiger partial charge >= 0.3 is 0 Å². The Morgan fingerprint density at radius 2 is 1.94 bits per heavy atom. The third-order valence-electron chi connectivity index (χ3n) is 2.83. The molecule has 1 atom stereocenters. The molecular weight excluding hydrogens is 240 g/mol. The Kier molecular flexibility index (Phi) is 4.04. The van der Waals surface area contributed by atoms with Crippen LogP contribution in [0.1, 0.15) is 29.7 Å². The number of pyridine rings is 1. The largest absolute Gasteiger partial charge is 0.324 e. The number of aryl methyl sites for hydroxylation is 2. The number of nitrogens with two attached hydrogens (primary N) is 1. The first-order chi connectivity index (χ1) is 8.56. The fraction of sp³-hybridized carbons (Fsp3) is 0.267. The second kappa shape index (κ2) is 5.55. The molecule has 0 aliphatic rings. The van der Waals surface area contributed by atoms with Gasteiger partial charge in [-0.2, -0.15) is 0 Å². The zero-order valence-electron chi connectivity index (χ0n) is 11.0. The maximum absolute atomic E-state index is 5.89. The van der Waals surface area contributed by atoms with E-state index in [0.29, 0.717) is 0 Å². The van der Waals surface area contributed by atoms with Crippen molar-refractivity contribution in [3.05, 3.63) is 53.2 Å². The van der Waals surface area contributed by atoms with Crippen LogP contribution in [-0.4, -0.2) is 4.98 Å². The molecule has 18 heavy (non-hydrogen) atoms. The lowest BCUT2D eigenvalue weighted by molar-refractivity contribution is 0.808. The molecule has 0 spiro atoms. The second-order valence-electron chi connectivity index (χ2n) is 4.59. The SMILES string of the molecule is Cc1ccc(Sc2cc(C(C)N)ccn2)c(C)c1. The number of aromatic nitrogens is 1. The second-order valence-corrected chi connectivity index (χ2v) is 5.65. The van der Waals surface area contributed by atoms with Crippen LogP contribution < -0.4 is 5.73 Å². The zero-order chi connectivity index (χ0) is 13.1. The Labute approximate surface area is 113 Å². The first-order valence-electron chi connectivity index (χ1n) is 6.03. The van der Waals surface area contributed by atoms with Gasteiger partial charge in [-0.15, -0.1) is 0 Å². The molecule has 0 saturated heterocycles. The van der Waals surface area contributed by atoms with Crippen LogP contribution in [0.15, 0.2) is 46.5 Å². The predicted molar refractivity (Wildman–Crippen MR) is 76.9 cm³/mol. The van der Waals surface area contributed by atoms with Crippen molar-refractivity contribution in [2.24, 2.45) is 5.73 Å². The molecule has 1 aromatic carbocycles. The highest BCUT2D eigenvalue weighted by Gasteiger charge is 2.05. The predicted octanol–water partition coefficient (Wildman–Crippen LogP) is 3.87. The molecule has 1 heterocycles. The molecule has 0 saturated carbocycles. The van der Waals surface area contributed by atoms with Gasteiger partial charge < -0.3 is 5.73 Å². The van der Waals surface area contributed by atoms with Gasteiger partial charge in [-0.05, 0) is 50.1 Å². The van der Waals surface area contributed by atoms with E-state index in [0.717, 1.165) is 10.6 Å². The fourth-order valence-electron chi connectivity index (χ4n) is 1.79. The van der Waals surface area contributed by atoms with E-state index in [1.165, 1.54) is 16.0 Å². The average Bonchev–Trinajstić information content (AvgIpc) is 2.33. The van der Waals surface area contributed by atoms with Crippen LogP contribution >= 0.6 is 11.8 Å². The summed E-state index contributed by atoms with van der Waals surface area (Å²) in [4.78, 5) is 5.63. The van der Waals surface area contributed by atoms with Crippen molar-refractivity contribution in [2.75, 3.05) is 0 Å². The Bertz CT molecular complexity index is 550. The van der Waals surface area contributed by atoms with Gasteiger partial charge in [0, 0.05) is 17.1 Å². The topological polar surface area (TPSA) is 38.9 Å². The van der Waals surface area contributed by atoms with Crippen LogP contribution in [0, 0.1) is 13.8 Å². The summed E-state index contributed by atoms with van der Waals surface area (Å²) in [6.07, 6.45) is 1.82. The summed E-state index contributed by atoms with van der Waals surface area (Å²) in [7, 11) is 0. The summed E-state index contributed by atoms with van der Waals surface area (Å²) in [6.45, 7) is 6.22. The molecule has 1 aromatic heterocycles. The zero-order valence-corrected chi connectivity index (χ0v) is 11.8. The van der Waals surface area contributed by atoms with Crippen LogP contribution in [-0.2, 0) is 0 Å². The van der Waals surface area contributed by atoms with E-state index >= 15 is 0 Å². The minimum absolute atomic E-state index is 0.0477. The number of nitrogens with zero attached hydrogens (tertiary/aromatic N) is 1. The van der Waals surface area contributed by atoms with Crippen molar-refractivity contribution in [1.29, 1.82) is 0 Å². The number of benzene rings is 1. The lowest BCUT2D eigenvalue weighted by Crippen LogP contribution is -2.04. The molecule has 0 fully saturated rings. The van der Waals surface area contributed by atoms with E-state index in [-0.39, 0.29) is 6.04 Å². The Balaban J connectivity index is 2.25. The summed E-state index contributed by atoms with van der Waals surface area (Å²) >= 11 is 1.69. The van der Waals surface area contributed by atoms with Gasteiger partial charge in [0.25, 0.3) is 0 Å². The van der Waals surface area contributed by atoms with E-state index < -0.39 is 0 Å². The molecule has 2 N–H and O–H groups in total. The highest BCUT2D eigenvalue weighted by atomic mass is 32.2. The van der Waals surface area contributed by atoms with Gasteiger partial charge in [-0.1, -0.05) is 29.5 Å². The quantitative estimate of drug-likeness (QED) is 0.908. The van der Waals surface area contributed by atoms with Crippen LogP contribution in [0.25, 0.3) is 0 Å². The molecule has 0 aliphatic heterocycles. The average molecular weight is 258 g/mol. The lowest BCUT2D eigenvalue weighted by atomic mass is 10.1. The van der Waals surface area contributed by atoms with Gasteiger partial charge in [0.05, 0.1) is 0 Å². The molecule has 3 heteroatoms. The molecule has 0 amide bonds. The van der Waals surface area contributed by atoms with Crippen LogP contribution in [0.5, 0.6) is 0 Å². The summed E-state index contributed by atoms with van der Waals surface area (Å²) in [5.41, 5.74) is 9.58. The Morgan fingerprint density at radius 3 is 2.61 bits per heavy atom. The van der Waals surface area contributed by atoms with Crippen LogP contribution in [0.3, 0.4) is 0 Å². The van der Waals surface area contributed by atoms with Crippen molar-refractivity contribution in [3.8, 4) is 0 Å². The Hall–Kier alpha value is -1.32. The maximum Gasteiger partial charge on any atom is 0.101 e. The fourth-order valence-corrected chi connectivity index (χ4v) is 2.68. The summed E-state index contributed by atoms with van der Waals surface area (Å²) < 4.78 is 0. The summed E-state index contributed by atoms with van der Waals surface area (Å²) in [6, 6.07) is 10.6. The van der Waals surface area contributed by atoms with E-state index in [9.17, 15) is 0 Å². The molecule has 0 bridgehead atoms. The molecule has 0 aliphatic carbocycles. The monoisotopic (exact) mass is 258 g/mol. The number of hydrogen-bond acceptors (Lipinski definition) is 3. The standard InChI is InChI=1S/C15H18N2S/c1-10-4-5-14(11(2)8-10)18-15-9-13(12(3)16)6-7-17-15/h4-9,12H,16H2,1-3H3. The van der Waals surface area contributed by atoms with Crippen molar-refractivity contribution in [1.82, 2.24) is 4.98 Å². The minimum atomic E-state index is 0.0477. The summed E-state index contributed by atoms with van der Waals surface area (Å²) in [5.74, 6) is 0. The van der Waals surface area contributed by atoms with E-state index in [4.69, 9.17) is 5.73 Å². The van der Waals surface area contributed by atoms with Crippen LogP contribution in [0.2, 0.25) is 0 Å². The van der Waals surface area contributed by atoms with Crippen LogP contribution in [0.4, 0.5) is 0 Å². The molecule has 2 nitrogen and oxygen atoms in total. The van der Waals surface area contributed by atoms with Crippen molar-refractivity contribution in [2.45, 2.75) is 36.7 Å². The Morgan fingerprint density at radius 1 is 1.17 bits per heavy atom. The van der Waals surface area contributed by atoms with Crippen molar-refractivity contribution in [3.63, 3.8) is 0 Å². The highest BCUT2D eigenvalue weighted by molar-refractivity contribution is 7.99. The number of hydrogen-bond donors (Lipinski definition) is 1.